The lowest BCUT2D eigenvalue weighted by Crippen LogP contribution is -2.24. The van der Waals surface area contributed by atoms with Gasteiger partial charge in [-0.05, 0) is 66.6 Å². The highest BCUT2D eigenvalue weighted by molar-refractivity contribution is 7.89. The summed E-state index contributed by atoms with van der Waals surface area (Å²) in [5.74, 6) is 0.861. The number of anilines is 1. The van der Waals surface area contributed by atoms with Crippen molar-refractivity contribution in [1.29, 1.82) is 0 Å². The average molecular weight is 474 g/mol. The van der Waals surface area contributed by atoms with E-state index < -0.39 is 15.9 Å². The van der Waals surface area contributed by atoms with Crippen LogP contribution < -0.4 is 14.8 Å². The molecule has 0 fully saturated rings. The van der Waals surface area contributed by atoms with E-state index in [-0.39, 0.29) is 17.0 Å². The van der Waals surface area contributed by atoms with Gasteiger partial charge < -0.3 is 10.1 Å². The van der Waals surface area contributed by atoms with Gasteiger partial charge in [-0.25, -0.2) is 13.1 Å². The minimum absolute atomic E-state index is 0.0280. The van der Waals surface area contributed by atoms with Gasteiger partial charge in [0.2, 0.25) is 10.0 Å². The van der Waals surface area contributed by atoms with Crippen molar-refractivity contribution in [3.05, 3.63) is 114 Å². The first kappa shape index (κ1) is 23.2. The number of amides is 1. The second-order valence-corrected chi connectivity index (χ2v) is 9.32. The van der Waals surface area contributed by atoms with Crippen LogP contribution in [0.5, 0.6) is 11.5 Å². The Morgan fingerprint density at radius 1 is 0.882 bits per heavy atom. The summed E-state index contributed by atoms with van der Waals surface area (Å²) in [6.07, 6.45) is 3.27. The normalized spacial score (nSPS) is 11.1. The maximum Gasteiger partial charge on any atom is 0.255 e. The first-order chi connectivity index (χ1) is 16.4. The number of aryl methyl sites for hydroxylation is 1. The summed E-state index contributed by atoms with van der Waals surface area (Å²) >= 11 is 0. The summed E-state index contributed by atoms with van der Waals surface area (Å²) in [5, 5.41) is 2.81. The number of hydrogen-bond acceptors (Lipinski definition) is 5. The lowest BCUT2D eigenvalue weighted by atomic mass is 10.1. The molecule has 0 aliphatic rings. The Balaban J connectivity index is 1.45. The molecule has 34 heavy (non-hydrogen) atoms. The van der Waals surface area contributed by atoms with Crippen LogP contribution in [0.25, 0.3) is 0 Å². The van der Waals surface area contributed by atoms with Crippen LogP contribution >= 0.6 is 0 Å². The fraction of sp³-hybridized carbons (Fsp3) is 0.0769. The highest BCUT2D eigenvalue weighted by atomic mass is 32.2. The molecule has 4 rings (SSSR count). The zero-order valence-corrected chi connectivity index (χ0v) is 19.2. The van der Waals surface area contributed by atoms with Crippen molar-refractivity contribution < 1.29 is 17.9 Å². The largest absolute Gasteiger partial charge is 0.457 e. The molecule has 1 amide bonds. The van der Waals surface area contributed by atoms with Crippen molar-refractivity contribution in [2.45, 2.75) is 18.4 Å². The Labute approximate surface area is 198 Å². The fourth-order valence-electron chi connectivity index (χ4n) is 3.22. The standard InChI is InChI=1S/C26H23N3O4S/c1-19-7-12-24(34(31,32)28-18-20-5-3-2-4-6-20)17-25(19)26(30)29-21-8-10-22(11-9-21)33-23-13-15-27-16-14-23/h2-17,28H,18H2,1H3,(H,29,30). The number of benzene rings is 3. The van der Waals surface area contributed by atoms with E-state index >= 15 is 0 Å². The lowest BCUT2D eigenvalue weighted by Gasteiger charge is -2.12. The van der Waals surface area contributed by atoms with E-state index in [4.69, 9.17) is 4.74 Å². The minimum Gasteiger partial charge on any atom is -0.457 e. The van der Waals surface area contributed by atoms with Crippen molar-refractivity contribution in [2.75, 3.05) is 5.32 Å². The van der Waals surface area contributed by atoms with Crippen molar-refractivity contribution in [1.82, 2.24) is 9.71 Å². The second kappa shape index (κ2) is 10.3. The Bertz CT molecular complexity index is 1370. The maximum absolute atomic E-state index is 12.9. The number of rotatable bonds is 8. The molecule has 1 heterocycles. The van der Waals surface area contributed by atoms with E-state index in [0.29, 0.717) is 22.7 Å². The first-order valence-electron chi connectivity index (χ1n) is 10.5. The Morgan fingerprint density at radius 2 is 1.56 bits per heavy atom. The van der Waals surface area contributed by atoms with Gasteiger partial charge in [0, 0.05) is 30.2 Å². The van der Waals surface area contributed by atoms with Crippen LogP contribution in [0.3, 0.4) is 0 Å². The molecule has 0 saturated heterocycles. The second-order valence-electron chi connectivity index (χ2n) is 7.55. The van der Waals surface area contributed by atoms with E-state index in [1.54, 1.807) is 61.8 Å². The summed E-state index contributed by atoms with van der Waals surface area (Å²) in [4.78, 5) is 16.9. The zero-order valence-electron chi connectivity index (χ0n) is 18.4. The Hall–Kier alpha value is -4.01. The molecule has 8 heteroatoms. The molecule has 172 valence electrons. The fourth-order valence-corrected chi connectivity index (χ4v) is 4.26. The summed E-state index contributed by atoms with van der Waals surface area (Å²) in [6.45, 7) is 1.92. The predicted octanol–water partition coefficient (Wildman–Crippen LogP) is 4.91. The quantitative estimate of drug-likeness (QED) is 0.379. The van der Waals surface area contributed by atoms with Gasteiger partial charge in [0.1, 0.15) is 11.5 Å². The van der Waals surface area contributed by atoms with Gasteiger partial charge >= 0.3 is 0 Å². The summed E-state index contributed by atoms with van der Waals surface area (Å²) in [6, 6.07) is 24.1. The van der Waals surface area contributed by atoms with Crippen LogP contribution in [0.2, 0.25) is 0 Å². The molecule has 0 atom stereocenters. The maximum atomic E-state index is 12.9. The van der Waals surface area contributed by atoms with Gasteiger partial charge in [-0.3, -0.25) is 9.78 Å². The van der Waals surface area contributed by atoms with Crippen molar-refractivity contribution in [2.24, 2.45) is 0 Å². The third-order valence-corrected chi connectivity index (χ3v) is 6.47. The van der Waals surface area contributed by atoms with Crippen LogP contribution in [0.1, 0.15) is 21.5 Å². The molecule has 4 aromatic rings. The third kappa shape index (κ3) is 5.86. The molecule has 0 unspecified atom stereocenters. The molecule has 1 aromatic heterocycles. The van der Waals surface area contributed by atoms with Crippen LogP contribution in [-0.2, 0) is 16.6 Å². The molecule has 0 spiro atoms. The number of carbonyl (C=O) groups is 1. The van der Waals surface area contributed by atoms with Crippen LogP contribution in [0, 0.1) is 6.92 Å². The van der Waals surface area contributed by atoms with Gasteiger partial charge in [-0.1, -0.05) is 36.4 Å². The van der Waals surface area contributed by atoms with Crippen molar-refractivity contribution in [3.63, 3.8) is 0 Å². The number of ether oxygens (including phenoxy) is 1. The Morgan fingerprint density at radius 3 is 2.26 bits per heavy atom. The molecule has 0 saturated carbocycles. The number of sulfonamides is 1. The van der Waals surface area contributed by atoms with Crippen LogP contribution in [0.15, 0.2) is 102 Å². The van der Waals surface area contributed by atoms with Crippen LogP contribution in [0.4, 0.5) is 5.69 Å². The Kier molecular flexibility index (Phi) is 7.01. The topological polar surface area (TPSA) is 97.4 Å². The summed E-state index contributed by atoms with van der Waals surface area (Å²) in [5.41, 5.74) is 2.34. The first-order valence-corrected chi connectivity index (χ1v) is 12.0. The van der Waals surface area contributed by atoms with E-state index in [1.165, 1.54) is 12.1 Å². The SMILES string of the molecule is Cc1ccc(S(=O)(=O)NCc2ccccc2)cc1C(=O)Nc1ccc(Oc2ccncc2)cc1. The number of carbonyl (C=O) groups excluding carboxylic acids is 1. The highest BCUT2D eigenvalue weighted by Crippen LogP contribution is 2.23. The smallest absolute Gasteiger partial charge is 0.255 e. The molecule has 0 bridgehead atoms. The number of nitrogens with zero attached hydrogens (tertiary/aromatic N) is 1. The van der Waals surface area contributed by atoms with Gasteiger partial charge in [-0.15, -0.1) is 0 Å². The summed E-state index contributed by atoms with van der Waals surface area (Å²) in [7, 11) is -3.79. The minimum atomic E-state index is -3.79. The highest BCUT2D eigenvalue weighted by Gasteiger charge is 2.18. The lowest BCUT2D eigenvalue weighted by molar-refractivity contribution is 0.102. The zero-order chi connectivity index (χ0) is 24.0. The molecule has 0 aliphatic carbocycles. The number of nitrogens with one attached hydrogen (secondary N) is 2. The molecule has 7 nitrogen and oxygen atoms in total. The third-order valence-electron chi connectivity index (χ3n) is 5.07. The molecular weight excluding hydrogens is 450 g/mol. The number of aromatic nitrogens is 1. The molecule has 2 N–H and O–H groups in total. The summed E-state index contributed by atoms with van der Waals surface area (Å²) < 4.78 is 33.9. The molecule has 3 aromatic carbocycles. The van der Waals surface area contributed by atoms with Gasteiger partial charge in [0.05, 0.1) is 4.90 Å². The van der Waals surface area contributed by atoms with Crippen molar-refractivity contribution >= 4 is 21.6 Å². The monoisotopic (exact) mass is 473 g/mol. The van der Waals surface area contributed by atoms with E-state index in [0.717, 1.165) is 5.56 Å². The molecular formula is C26H23N3O4S. The predicted molar refractivity (Wildman–Crippen MR) is 130 cm³/mol. The van der Waals surface area contributed by atoms with Gasteiger partial charge in [0.15, 0.2) is 0 Å². The molecule has 0 aliphatic heterocycles. The van der Waals surface area contributed by atoms with E-state index in [1.807, 2.05) is 30.3 Å². The van der Waals surface area contributed by atoms with E-state index in [2.05, 4.69) is 15.0 Å². The average Bonchev–Trinajstić information content (AvgIpc) is 2.85. The van der Waals surface area contributed by atoms with Crippen molar-refractivity contribution in [3.8, 4) is 11.5 Å². The number of pyridine rings is 1. The van der Waals surface area contributed by atoms with Gasteiger partial charge in [-0.2, -0.15) is 0 Å². The number of hydrogen-bond donors (Lipinski definition) is 2. The van der Waals surface area contributed by atoms with Gasteiger partial charge in [0.25, 0.3) is 5.91 Å². The van der Waals surface area contributed by atoms with Crippen LogP contribution in [-0.4, -0.2) is 19.3 Å². The van der Waals surface area contributed by atoms with E-state index in [9.17, 15) is 13.2 Å². The molecule has 0 radical (unpaired) electrons.